The molecule has 0 aliphatic rings. The zero-order chi connectivity index (χ0) is 16.1. The van der Waals surface area contributed by atoms with E-state index in [1.165, 1.54) is 11.8 Å². The minimum Gasteiger partial charge on any atom is -0.485 e. The van der Waals surface area contributed by atoms with Crippen molar-refractivity contribution in [3.05, 3.63) is 48.3 Å². The first-order valence-electron chi connectivity index (χ1n) is 7.36. The SMILES string of the molecule is CCn1c(COc2cccc3ccccc23)nnc1SCC#N. The van der Waals surface area contributed by atoms with Gasteiger partial charge in [0.1, 0.15) is 12.4 Å². The summed E-state index contributed by atoms with van der Waals surface area (Å²) in [6.07, 6.45) is 0. The highest BCUT2D eigenvalue weighted by Gasteiger charge is 2.12. The Hall–Kier alpha value is -2.52. The number of hydrogen-bond donors (Lipinski definition) is 0. The molecule has 2 aromatic carbocycles. The number of hydrogen-bond acceptors (Lipinski definition) is 5. The van der Waals surface area contributed by atoms with Crippen molar-refractivity contribution in [1.29, 1.82) is 5.26 Å². The van der Waals surface area contributed by atoms with Crippen molar-refractivity contribution in [2.24, 2.45) is 0 Å². The molecule has 3 rings (SSSR count). The molecular formula is C17H16N4OS. The second-order valence-electron chi connectivity index (χ2n) is 4.86. The Balaban J connectivity index is 1.80. The van der Waals surface area contributed by atoms with E-state index in [4.69, 9.17) is 10.00 Å². The molecule has 0 N–H and O–H groups in total. The molecule has 23 heavy (non-hydrogen) atoms. The molecule has 0 fully saturated rings. The summed E-state index contributed by atoms with van der Waals surface area (Å²) in [4.78, 5) is 0. The maximum absolute atomic E-state index is 8.70. The Bertz CT molecular complexity index is 848. The molecule has 116 valence electrons. The van der Waals surface area contributed by atoms with E-state index in [0.717, 1.165) is 34.0 Å². The molecule has 0 unspecified atom stereocenters. The van der Waals surface area contributed by atoms with Crippen molar-refractivity contribution in [2.45, 2.75) is 25.2 Å². The molecule has 0 aliphatic carbocycles. The van der Waals surface area contributed by atoms with Gasteiger partial charge in [0.25, 0.3) is 0 Å². The number of rotatable bonds is 6. The number of thioether (sulfide) groups is 1. The van der Waals surface area contributed by atoms with Gasteiger partial charge in [0.2, 0.25) is 0 Å². The summed E-state index contributed by atoms with van der Waals surface area (Å²) in [5.41, 5.74) is 0. The van der Waals surface area contributed by atoms with E-state index in [-0.39, 0.29) is 0 Å². The van der Waals surface area contributed by atoms with Crippen LogP contribution >= 0.6 is 11.8 Å². The predicted molar refractivity (Wildman–Crippen MR) is 90.3 cm³/mol. The van der Waals surface area contributed by atoms with Crippen LogP contribution in [0.4, 0.5) is 0 Å². The second-order valence-corrected chi connectivity index (χ2v) is 5.80. The van der Waals surface area contributed by atoms with Gasteiger partial charge < -0.3 is 9.30 Å². The van der Waals surface area contributed by atoms with Crippen LogP contribution in [0.3, 0.4) is 0 Å². The molecule has 0 radical (unpaired) electrons. The summed E-state index contributed by atoms with van der Waals surface area (Å²) in [5.74, 6) is 1.96. The first-order valence-corrected chi connectivity index (χ1v) is 8.34. The number of nitriles is 1. The van der Waals surface area contributed by atoms with Gasteiger partial charge in [-0.05, 0) is 18.4 Å². The Labute approximate surface area is 138 Å². The van der Waals surface area contributed by atoms with Crippen LogP contribution in [0.15, 0.2) is 47.6 Å². The van der Waals surface area contributed by atoms with Crippen LogP contribution in [0.25, 0.3) is 10.8 Å². The lowest BCUT2D eigenvalue weighted by Gasteiger charge is -2.10. The molecule has 0 amide bonds. The minimum absolute atomic E-state index is 0.349. The van der Waals surface area contributed by atoms with Crippen LogP contribution in [-0.2, 0) is 13.2 Å². The number of fused-ring (bicyclic) bond motifs is 1. The molecule has 1 aromatic heterocycles. The van der Waals surface area contributed by atoms with Gasteiger partial charge in [-0.3, -0.25) is 0 Å². The first-order chi connectivity index (χ1) is 11.3. The van der Waals surface area contributed by atoms with Gasteiger partial charge in [0, 0.05) is 11.9 Å². The molecule has 0 saturated heterocycles. The lowest BCUT2D eigenvalue weighted by molar-refractivity contribution is 0.291. The maximum atomic E-state index is 8.70. The van der Waals surface area contributed by atoms with E-state index in [1.807, 2.05) is 41.8 Å². The summed E-state index contributed by atoms with van der Waals surface area (Å²) < 4.78 is 7.95. The van der Waals surface area contributed by atoms with Gasteiger partial charge >= 0.3 is 0 Å². The van der Waals surface area contributed by atoms with Gasteiger partial charge in [0.05, 0.1) is 11.8 Å². The lowest BCUT2D eigenvalue weighted by Crippen LogP contribution is -2.07. The Morgan fingerprint density at radius 1 is 1.17 bits per heavy atom. The highest BCUT2D eigenvalue weighted by Crippen LogP contribution is 2.26. The van der Waals surface area contributed by atoms with E-state index in [9.17, 15) is 0 Å². The minimum atomic E-state index is 0.349. The van der Waals surface area contributed by atoms with Crippen molar-refractivity contribution in [1.82, 2.24) is 14.8 Å². The maximum Gasteiger partial charge on any atom is 0.192 e. The van der Waals surface area contributed by atoms with Crippen LogP contribution in [0.1, 0.15) is 12.7 Å². The highest BCUT2D eigenvalue weighted by atomic mass is 32.2. The summed E-state index contributed by atoms with van der Waals surface area (Å²) in [5, 5.41) is 20.0. The van der Waals surface area contributed by atoms with Crippen molar-refractivity contribution in [3.63, 3.8) is 0 Å². The largest absolute Gasteiger partial charge is 0.485 e. The molecule has 0 saturated carbocycles. The van der Waals surface area contributed by atoms with Gasteiger partial charge in [-0.1, -0.05) is 48.2 Å². The standard InChI is InChI=1S/C17H16N4OS/c1-2-21-16(19-20-17(21)23-11-10-18)12-22-15-9-5-7-13-6-3-4-8-14(13)15/h3-9H,2,11-12H2,1H3. The first kappa shape index (κ1) is 15.4. The Morgan fingerprint density at radius 2 is 2.00 bits per heavy atom. The smallest absolute Gasteiger partial charge is 0.192 e. The van der Waals surface area contributed by atoms with E-state index >= 15 is 0 Å². The van der Waals surface area contributed by atoms with Crippen molar-refractivity contribution < 1.29 is 4.74 Å². The second kappa shape index (κ2) is 7.16. The van der Waals surface area contributed by atoms with Gasteiger partial charge in [-0.25, -0.2) is 0 Å². The van der Waals surface area contributed by atoms with Crippen LogP contribution in [-0.4, -0.2) is 20.5 Å². The van der Waals surface area contributed by atoms with Crippen LogP contribution in [0.2, 0.25) is 0 Å². The molecule has 1 heterocycles. The monoisotopic (exact) mass is 324 g/mol. The van der Waals surface area contributed by atoms with Crippen molar-refractivity contribution in [2.75, 3.05) is 5.75 Å². The highest BCUT2D eigenvalue weighted by molar-refractivity contribution is 7.99. The number of ether oxygens (including phenoxy) is 1. The average Bonchev–Trinajstić information content (AvgIpc) is 2.99. The van der Waals surface area contributed by atoms with Crippen LogP contribution in [0, 0.1) is 11.3 Å². The lowest BCUT2D eigenvalue weighted by atomic mass is 10.1. The molecule has 0 bridgehead atoms. The fourth-order valence-electron chi connectivity index (χ4n) is 2.41. The number of nitrogens with zero attached hydrogens (tertiary/aromatic N) is 4. The molecule has 0 atom stereocenters. The average molecular weight is 324 g/mol. The third-order valence-electron chi connectivity index (χ3n) is 3.48. The predicted octanol–water partition coefficient (Wildman–Crippen LogP) is 3.65. The topological polar surface area (TPSA) is 63.7 Å². The molecule has 3 aromatic rings. The fourth-order valence-corrected chi connectivity index (χ4v) is 3.09. The van der Waals surface area contributed by atoms with E-state index in [2.05, 4.69) is 28.4 Å². The van der Waals surface area contributed by atoms with Gasteiger partial charge in [-0.15, -0.1) is 10.2 Å². The molecular weight excluding hydrogens is 308 g/mol. The van der Waals surface area contributed by atoms with Gasteiger partial charge in [0.15, 0.2) is 11.0 Å². The zero-order valence-corrected chi connectivity index (χ0v) is 13.6. The molecule has 6 heteroatoms. The summed E-state index contributed by atoms with van der Waals surface area (Å²) in [7, 11) is 0. The van der Waals surface area contributed by atoms with E-state index < -0.39 is 0 Å². The van der Waals surface area contributed by atoms with Gasteiger partial charge in [-0.2, -0.15) is 5.26 Å². The molecule has 0 aliphatic heterocycles. The number of aromatic nitrogens is 3. The van der Waals surface area contributed by atoms with Crippen molar-refractivity contribution in [3.8, 4) is 11.8 Å². The zero-order valence-electron chi connectivity index (χ0n) is 12.8. The fraction of sp³-hybridized carbons (Fsp3) is 0.235. The quantitative estimate of drug-likeness (QED) is 0.648. The summed E-state index contributed by atoms with van der Waals surface area (Å²) in [6, 6.07) is 16.2. The molecule has 0 spiro atoms. The van der Waals surface area contributed by atoms with Crippen LogP contribution < -0.4 is 4.74 Å². The van der Waals surface area contributed by atoms with E-state index in [0.29, 0.717) is 12.4 Å². The third-order valence-corrected chi connectivity index (χ3v) is 4.32. The Morgan fingerprint density at radius 3 is 2.83 bits per heavy atom. The normalized spacial score (nSPS) is 10.6. The van der Waals surface area contributed by atoms with Crippen molar-refractivity contribution >= 4 is 22.5 Å². The number of benzene rings is 2. The third kappa shape index (κ3) is 3.30. The molecule has 5 nitrogen and oxygen atoms in total. The van der Waals surface area contributed by atoms with Crippen LogP contribution in [0.5, 0.6) is 5.75 Å². The van der Waals surface area contributed by atoms with E-state index in [1.54, 1.807) is 0 Å². The summed E-state index contributed by atoms with van der Waals surface area (Å²) in [6.45, 7) is 3.12. The summed E-state index contributed by atoms with van der Waals surface area (Å²) >= 11 is 1.39. The Kier molecular flexibility index (Phi) is 4.79.